The van der Waals surface area contributed by atoms with Crippen LogP contribution < -0.4 is 0 Å². The van der Waals surface area contributed by atoms with E-state index in [-0.39, 0.29) is 12.5 Å². The van der Waals surface area contributed by atoms with E-state index >= 15 is 0 Å². The molecule has 6 rings (SSSR count). The van der Waals surface area contributed by atoms with Crippen molar-refractivity contribution >= 4 is 17.0 Å². The lowest BCUT2D eigenvalue weighted by molar-refractivity contribution is -0.137. The van der Waals surface area contributed by atoms with Crippen molar-refractivity contribution in [2.45, 2.75) is 139 Å². The van der Waals surface area contributed by atoms with Gasteiger partial charge in [-0.25, -0.2) is 4.98 Å². The summed E-state index contributed by atoms with van der Waals surface area (Å²) in [6, 6.07) is 11.6. The second kappa shape index (κ2) is 12.1. The van der Waals surface area contributed by atoms with Crippen molar-refractivity contribution in [2.75, 3.05) is 13.1 Å². The first-order valence-corrected chi connectivity index (χ1v) is 15.9. The smallest absolute Gasteiger partial charge is 0.304 e. The number of carbonyl (C=O) groups is 1. The van der Waals surface area contributed by atoms with E-state index in [2.05, 4.69) is 38.6 Å². The molecule has 4 fully saturated rings. The van der Waals surface area contributed by atoms with E-state index in [0.29, 0.717) is 24.7 Å². The number of likely N-dealkylation sites (tertiary alicyclic amines) is 1. The third kappa shape index (κ3) is 5.54. The lowest BCUT2D eigenvalue weighted by atomic mass is 9.79. The van der Waals surface area contributed by atoms with Crippen LogP contribution in [0.15, 0.2) is 24.3 Å². The Balaban J connectivity index is 1.27. The fourth-order valence-electron chi connectivity index (χ4n) is 8.59. The number of hydrogen-bond donors (Lipinski definition) is 1. The number of aromatic nitrogens is 2. The molecular formula is C32H48N4O2. The number of carboxylic acids is 1. The normalized spacial score (nSPS) is 30.5. The zero-order valence-electron chi connectivity index (χ0n) is 23.3. The van der Waals surface area contributed by atoms with Crippen LogP contribution in [0, 0.1) is 0 Å². The zero-order chi connectivity index (χ0) is 25.9. The first-order valence-electron chi connectivity index (χ1n) is 15.9. The highest BCUT2D eigenvalue weighted by Gasteiger charge is 2.43. The fraction of sp³-hybridized carbons (Fsp3) is 0.750. The highest BCUT2D eigenvalue weighted by molar-refractivity contribution is 5.76. The van der Waals surface area contributed by atoms with Crippen molar-refractivity contribution in [3.8, 4) is 0 Å². The quantitative estimate of drug-likeness (QED) is 0.440. The van der Waals surface area contributed by atoms with Crippen LogP contribution in [0.1, 0.15) is 127 Å². The molecule has 2 bridgehead atoms. The Morgan fingerprint density at radius 3 is 2.16 bits per heavy atom. The summed E-state index contributed by atoms with van der Waals surface area (Å²) in [6.07, 6.45) is 21.7. The molecule has 0 radical (unpaired) electrons. The molecule has 1 unspecified atom stereocenters. The van der Waals surface area contributed by atoms with Crippen LogP contribution in [0.25, 0.3) is 11.0 Å². The molecule has 1 aliphatic carbocycles. The van der Waals surface area contributed by atoms with Gasteiger partial charge in [-0.2, -0.15) is 0 Å². The number of piperidine rings is 2. The van der Waals surface area contributed by atoms with Gasteiger partial charge >= 0.3 is 5.97 Å². The molecule has 0 amide bonds. The SMILES string of the molecule is O=C(O)CCN1CCC[C@@H]1c1nc2ccccc2n1C1C[C@H]2CCC[C@@H](C1)N2C1CCCCCCCCC1. The molecule has 4 heterocycles. The third-order valence-corrected chi connectivity index (χ3v) is 10.3. The number of aliphatic carboxylic acids is 1. The molecule has 1 N–H and O–H groups in total. The minimum absolute atomic E-state index is 0.209. The molecule has 6 nitrogen and oxygen atoms in total. The number of hydrogen-bond acceptors (Lipinski definition) is 4. The summed E-state index contributed by atoms with van der Waals surface area (Å²) in [5.41, 5.74) is 2.38. The molecule has 3 saturated heterocycles. The first kappa shape index (κ1) is 26.3. The summed E-state index contributed by atoms with van der Waals surface area (Å²) in [6.45, 7) is 1.60. The molecule has 4 aliphatic rings. The van der Waals surface area contributed by atoms with Gasteiger partial charge in [0, 0.05) is 30.7 Å². The number of carboxylic acid groups (broad SMARTS) is 1. The van der Waals surface area contributed by atoms with Gasteiger partial charge < -0.3 is 9.67 Å². The molecule has 2 aromatic rings. The van der Waals surface area contributed by atoms with Gasteiger partial charge in [0.15, 0.2) is 0 Å². The molecule has 208 valence electrons. The fourth-order valence-corrected chi connectivity index (χ4v) is 8.59. The Hall–Kier alpha value is -1.92. The molecular weight excluding hydrogens is 472 g/mol. The van der Waals surface area contributed by atoms with Crippen molar-refractivity contribution in [1.29, 1.82) is 0 Å². The van der Waals surface area contributed by atoms with Crippen LogP contribution in [-0.4, -0.2) is 61.6 Å². The maximum atomic E-state index is 11.4. The van der Waals surface area contributed by atoms with Gasteiger partial charge in [-0.05, 0) is 70.0 Å². The van der Waals surface area contributed by atoms with Gasteiger partial charge in [0.05, 0.1) is 23.5 Å². The van der Waals surface area contributed by atoms with Crippen LogP contribution in [0.3, 0.4) is 0 Å². The van der Waals surface area contributed by atoms with E-state index in [4.69, 9.17) is 4.98 Å². The predicted octanol–water partition coefficient (Wildman–Crippen LogP) is 7.10. The van der Waals surface area contributed by atoms with E-state index in [1.54, 1.807) is 0 Å². The number of nitrogens with zero attached hydrogens (tertiary/aromatic N) is 4. The largest absolute Gasteiger partial charge is 0.481 e. The molecule has 4 atom stereocenters. The van der Waals surface area contributed by atoms with Crippen molar-refractivity contribution in [3.63, 3.8) is 0 Å². The molecule has 1 saturated carbocycles. The molecule has 38 heavy (non-hydrogen) atoms. The molecule has 1 aromatic carbocycles. The van der Waals surface area contributed by atoms with E-state index in [0.717, 1.165) is 30.9 Å². The maximum Gasteiger partial charge on any atom is 0.304 e. The summed E-state index contributed by atoms with van der Waals surface area (Å²) in [7, 11) is 0. The van der Waals surface area contributed by atoms with Gasteiger partial charge in [0.25, 0.3) is 0 Å². The van der Waals surface area contributed by atoms with Crippen LogP contribution in [0.2, 0.25) is 0 Å². The minimum atomic E-state index is -0.704. The third-order valence-electron chi connectivity index (χ3n) is 10.3. The first-order chi connectivity index (χ1) is 18.7. The topological polar surface area (TPSA) is 61.6 Å². The maximum absolute atomic E-state index is 11.4. The monoisotopic (exact) mass is 520 g/mol. The number of fused-ring (bicyclic) bond motifs is 3. The minimum Gasteiger partial charge on any atom is -0.481 e. The van der Waals surface area contributed by atoms with Crippen molar-refractivity contribution < 1.29 is 9.90 Å². The molecule has 0 spiro atoms. The van der Waals surface area contributed by atoms with Crippen LogP contribution in [0.5, 0.6) is 0 Å². The lowest BCUT2D eigenvalue weighted by Crippen LogP contribution is -2.56. The summed E-state index contributed by atoms with van der Waals surface area (Å²) >= 11 is 0. The summed E-state index contributed by atoms with van der Waals surface area (Å²) in [5, 5.41) is 9.34. The van der Waals surface area contributed by atoms with E-state index in [1.807, 2.05) is 0 Å². The van der Waals surface area contributed by atoms with Crippen LogP contribution in [0.4, 0.5) is 0 Å². The number of para-hydroxylation sites is 2. The summed E-state index contributed by atoms with van der Waals surface area (Å²) in [5.74, 6) is 0.495. The number of rotatable bonds is 6. The van der Waals surface area contributed by atoms with E-state index in [1.165, 1.54) is 101 Å². The average Bonchev–Trinajstić information content (AvgIpc) is 3.54. The van der Waals surface area contributed by atoms with Crippen LogP contribution in [-0.2, 0) is 4.79 Å². The predicted molar refractivity (Wildman–Crippen MR) is 152 cm³/mol. The Morgan fingerprint density at radius 2 is 1.45 bits per heavy atom. The average molecular weight is 521 g/mol. The zero-order valence-corrected chi connectivity index (χ0v) is 23.3. The highest BCUT2D eigenvalue weighted by Crippen LogP contribution is 2.45. The molecule has 1 aromatic heterocycles. The van der Waals surface area contributed by atoms with Gasteiger partial charge in [-0.15, -0.1) is 0 Å². The van der Waals surface area contributed by atoms with Gasteiger partial charge in [0.1, 0.15) is 5.82 Å². The van der Waals surface area contributed by atoms with Gasteiger partial charge in [0.2, 0.25) is 0 Å². The second-order valence-electron chi connectivity index (χ2n) is 12.7. The van der Waals surface area contributed by atoms with E-state index < -0.39 is 5.97 Å². The Morgan fingerprint density at radius 1 is 0.789 bits per heavy atom. The van der Waals surface area contributed by atoms with E-state index in [9.17, 15) is 9.90 Å². The Labute approximate surface area is 228 Å². The highest BCUT2D eigenvalue weighted by atomic mass is 16.4. The van der Waals surface area contributed by atoms with Crippen LogP contribution >= 0.6 is 0 Å². The summed E-state index contributed by atoms with van der Waals surface area (Å²) < 4.78 is 2.63. The molecule has 3 aliphatic heterocycles. The lowest BCUT2D eigenvalue weighted by Gasteiger charge is -2.53. The van der Waals surface area contributed by atoms with Gasteiger partial charge in [-0.3, -0.25) is 14.6 Å². The van der Waals surface area contributed by atoms with Crippen molar-refractivity contribution in [1.82, 2.24) is 19.4 Å². The summed E-state index contributed by atoms with van der Waals surface area (Å²) in [4.78, 5) is 22.0. The van der Waals surface area contributed by atoms with Crippen molar-refractivity contribution in [2.24, 2.45) is 0 Å². The number of imidazole rings is 1. The standard InChI is InChI=1S/C32H48N4O2/c37-31(38)19-21-34-20-11-18-30(34)32-33-28-16-8-9-17-29(28)36(32)27-22-25-14-10-15-26(23-27)35(25)24-12-6-4-2-1-3-5-7-13-24/h8-9,16-17,24-27,30H,1-7,10-15,18-23H2,(H,37,38)/t25-,26+,27?,30-/m1/s1. The second-order valence-corrected chi connectivity index (χ2v) is 12.7. The Kier molecular flexibility index (Phi) is 8.36. The number of benzene rings is 1. The Bertz CT molecular complexity index is 1060. The molecule has 6 heteroatoms. The van der Waals surface area contributed by atoms with Crippen molar-refractivity contribution in [3.05, 3.63) is 30.1 Å². The van der Waals surface area contributed by atoms with Gasteiger partial charge in [-0.1, -0.05) is 63.5 Å².